The number of aromatic nitrogens is 1. The molecule has 5 N–H and O–H groups in total. The van der Waals surface area contributed by atoms with E-state index in [1.54, 1.807) is 40.8 Å². The van der Waals surface area contributed by atoms with E-state index in [0.717, 1.165) is 27.3 Å². The van der Waals surface area contributed by atoms with Crippen molar-refractivity contribution < 1.29 is 34.1 Å². The maximum Gasteiger partial charge on any atom is 0.407 e. The Bertz CT molecular complexity index is 1550. The van der Waals surface area contributed by atoms with E-state index < -0.39 is 53.6 Å². The first-order valence-electron chi connectivity index (χ1n) is 16.5. The number of hydrogen-bond acceptors (Lipinski definition) is 8. The van der Waals surface area contributed by atoms with Gasteiger partial charge in [0, 0.05) is 31.9 Å². The molecular formula is C37H50N6O7. The van der Waals surface area contributed by atoms with Crippen molar-refractivity contribution in [3.05, 3.63) is 90.1 Å². The number of aliphatic hydroxyl groups excluding tert-OH is 1. The number of aliphatic hydroxyl groups is 1. The molecule has 0 spiro atoms. The molecule has 0 bridgehead atoms. The lowest BCUT2D eigenvalue weighted by molar-refractivity contribution is -0.132. The Morgan fingerprint density at radius 3 is 2.06 bits per heavy atom. The van der Waals surface area contributed by atoms with Crippen molar-refractivity contribution in [1.82, 2.24) is 31.0 Å². The number of methoxy groups -OCH3 is 1. The van der Waals surface area contributed by atoms with Crippen LogP contribution in [0.3, 0.4) is 0 Å². The molecule has 1 aromatic heterocycles. The number of ether oxygens (including phenoxy) is 1. The minimum absolute atomic E-state index is 0.137. The van der Waals surface area contributed by atoms with E-state index in [0.29, 0.717) is 0 Å². The van der Waals surface area contributed by atoms with Crippen LogP contribution in [-0.4, -0.2) is 94.0 Å². The Labute approximate surface area is 294 Å². The largest absolute Gasteiger partial charge is 0.465 e. The third kappa shape index (κ3) is 11.6. The third-order valence-corrected chi connectivity index (χ3v) is 8.25. The van der Waals surface area contributed by atoms with Gasteiger partial charge in [0.05, 0.1) is 24.9 Å². The van der Waals surface area contributed by atoms with Crippen LogP contribution in [0.25, 0.3) is 11.3 Å². The molecule has 0 saturated carbocycles. The minimum Gasteiger partial charge on any atom is -0.465 e. The summed E-state index contributed by atoms with van der Waals surface area (Å²) < 4.78 is 4.76. The molecule has 0 aliphatic rings. The first kappa shape index (κ1) is 39.4. The molecule has 50 heavy (non-hydrogen) atoms. The number of nitrogens with one attached hydrogen (secondary N) is 3. The lowest BCUT2D eigenvalue weighted by atomic mass is 9.86. The second kappa shape index (κ2) is 18.1. The third-order valence-electron chi connectivity index (χ3n) is 8.25. The van der Waals surface area contributed by atoms with E-state index in [1.165, 1.54) is 19.2 Å². The van der Waals surface area contributed by atoms with Gasteiger partial charge in [-0.15, -0.1) is 0 Å². The van der Waals surface area contributed by atoms with E-state index in [-0.39, 0.29) is 25.4 Å². The molecular weight excluding hydrogens is 640 g/mol. The maximum absolute atomic E-state index is 13.8. The number of carbonyl (C=O) groups excluding carboxylic acids is 3. The maximum atomic E-state index is 13.8. The Hall–Kier alpha value is -5.01. The Balaban J connectivity index is 1.95. The van der Waals surface area contributed by atoms with Gasteiger partial charge in [-0.05, 0) is 41.0 Å². The van der Waals surface area contributed by atoms with Crippen LogP contribution >= 0.6 is 0 Å². The highest BCUT2D eigenvalue weighted by Crippen LogP contribution is 2.21. The van der Waals surface area contributed by atoms with Crippen LogP contribution < -0.4 is 16.1 Å². The lowest BCUT2D eigenvalue weighted by Crippen LogP contribution is -2.60. The van der Waals surface area contributed by atoms with Gasteiger partial charge in [-0.2, -0.15) is 0 Å². The van der Waals surface area contributed by atoms with Gasteiger partial charge in [-0.25, -0.2) is 14.6 Å². The number of benzene rings is 2. The molecule has 0 radical (unpaired) electrons. The summed E-state index contributed by atoms with van der Waals surface area (Å²) in [5.74, 6) is -1.44. The number of amides is 4. The number of likely N-dealkylation sites (N-methyl/N-ethyl adjacent to an activating group) is 1. The molecule has 4 amide bonds. The van der Waals surface area contributed by atoms with Crippen LogP contribution in [0.2, 0.25) is 0 Å². The van der Waals surface area contributed by atoms with Crippen LogP contribution in [-0.2, 0) is 27.3 Å². The number of pyridine rings is 1. The van der Waals surface area contributed by atoms with E-state index in [1.807, 2.05) is 72.8 Å². The topological polar surface area (TPSA) is 173 Å². The smallest absolute Gasteiger partial charge is 0.407 e. The zero-order valence-electron chi connectivity index (χ0n) is 29.8. The number of hydrazine groups is 1. The second-order valence-corrected chi connectivity index (χ2v) is 13.7. The fourth-order valence-corrected chi connectivity index (χ4v) is 5.57. The SMILES string of the molecule is COC(=O)N[C@H](C(=O)NN(Cc1ccc(-c2ccccn2)cc1)C[C@H](O)[C@H](Cc1ccccc1)NC(=O)[C@H](C(C)C)N(C)C(=O)O)C(C)(C)C. The average Bonchev–Trinajstić information content (AvgIpc) is 3.07. The highest BCUT2D eigenvalue weighted by atomic mass is 16.5. The molecule has 0 saturated heterocycles. The fourth-order valence-electron chi connectivity index (χ4n) is 5.57. The molecule has 3 rings (SSSR count). The number of carbonyl (C=O) groups is 4. The molecule has 4 atom stereocenters. The van der Waals surface area contributed by atoms with Crippen molar-refractivity contribution in [1.29, 1.82) is 0 Å². The molecule has 270 valence electrons. The van der Waals surface area contributed by atoms with Crippen molar-refractivity contribution in [2.75, 3.05) is 20.7 Å². The van der Waals surface area contributed by atoms with E-state index >= 15 is 0 Å². The summed E-state index contributed by atoms with van der Waals surface area (Å²) in [7, 11) is 2.54. The summed E-state index contributed by atoms with van der Waals surface area (Å²) in [5.41, 5.74) is 5.50. The monoisotopic (exact) mass is 690 g/mol. The van der Waals surface area contributed by atoms with Crippen LogP contribution in [0.4, 0.5) is 9.59 Å². The highest BCUT2D eigenvalue weighted by molar-refractivity contribution is 5.86. The van der Waals surface area contributed by atoms with Gasteiger partial charge in [0.25, 0.3) is 5.91 Å². The molecule has 13 heteroatoms. The van der Waals surface area contributed by atoms with Gasteiger partial charge in [0.2, 0.25) is 5.91 Å². The zero-order valence-corrected chi connectivity index (χ0v) is 29.8. The van der Waals surface area contributed by atoms with Crippen molar-refractivity contribution >= 4 is 24.0 Å². The molecule has 3 aromatic rings. The molecule has 0 aliphatic carbocycles. The van der Waals surface area contributed by atoms with E-state index in [2.05, 4.69) is 21.0 Å². The lowest BCUT2D eigenvalue weighted by Gasteiger charge is -2.35. The van der Waals surface area contributed by atoms with Gasteiger partial charge in [-0.3, -0.25) is 24.9 Å². The van der Waals surface area contributed by atoms with Crippen molar-refractivity contribution in [2.45, 2.75) is 71.8 Å². The number of rotatable bonds is 15. The number of carboxylic acid groups (broad SMARTS) is 1. The van der Waals surface area contributed by atoms with Crippen molar-refractivity contribution in [3.8, 4) is 11.3 Å². The summed E-state index contributed by atoms with van der Waals surface area (Å²) in [4.78, 5) is 56.7. The Kier molecular flexibility index (Phi) is 14.3. The van der Waals surface area contributed by atoms with E-state index in [4.69, 9.17) is 4.74 Å². The minimum atomic E-state index is -1.25. The fraction of sp³-hybridized carbons (Fsp3) is 0.432. The standard InChI is InChI=1S/C37H50N6O7/c1-24(2)31(42(6)36(48)49)33(45)39-29(21-25-13-9-8-10-14-25)30(44)23-43(41-34(46)32(37(3,4)5)40-35(47)50-7)22-26-16-18-27(19-17-26)28-15-11-12-20-38-28/h8-20,24,29-32,44H,21-23H2,1-7H3,(H,39,45)(H,40,47)(H,41,46)(H,48,49)/t29-,30-,31-,32+/m0/s1. The number of alkyl carbamates (subject to hydrolysis) is 1. The van der Waals surface area contributed by atoms with Crippen LogP contribution in [0.15, 0.2) is 79.0 Å². The number of nitrogens with zero attached hydrogens (tertiary/aromatic N) is 3. The predicted octanol–water partition coefficient (Wildman–Crippen LogP) is 4.08. The van der Waals surface area contributed by atoms with Crippen molar-refractivity contribution in [2.24, 2.45) is 11.3 Å². The van der Waals surface area contributed by atoms with Crippen LogP contribution in [0.5, 0.6) is 0 Å². The molecule has 0 unspecified atom stereocenters. The summed E-state index contributed by atoms with van der Waals surface area (Å²) in [6, 6.07) is 19.6. The molecule has 1 heterocycles. The molecule has 13 nitrogen and oxygen atoms in total. The predicted molar refractivity (Wildman–Crippen MR) is 190 cm³/mol. The Morgan fingerprint density at radius 1 is 0.880 bits per heavy atom. The average molecular weight is 691 g/mol. The second-order valence-electron chi connectivity index (χ2n) is 13.7. The van der Waals surface area contributed by atoms with Gasteiger partial charge in [-0.1, -0.05) is 95.3 Å². The Morgan fingerprint density at radius 2 is 1.52 bits per heavy atom. The van der Waals surface area contributed by atoms with Crippen LogP contribution in [0.1, 0.15) is 45.7 Å². The van der Waals surface area contributed by atoms with E-state index in [9.17, 15) is 29.4 Å². The summed E-state index contributed by atoms with van der Waals surface area (Å²) in [5, 5.41) is 28.5. The first-order valence-corrected chi connectivity index (χ1v) is 16.5. The van der Waals surface area contributed by atoms with Crippen LogP contribution in [0, 0.1) is 11.3 Å². The highest BCUT2D eigenvalue weighted by Gasteiger charge is 2.36. The summed E-state index contributed by atoms with van der Waals surface area (Å²) in [6.07, 6.45) is -1.32. The van der Waals surface area contributed by atoms with Crippen molar-refractivity contribution in [3.63, 3.8) is 0 Å². The normalized spacial score (nSPS) is 13.9. The van der Waals surface area contributed by atoms with Gasteiger partial charge >= 0.3 is 12.2 Å². The molecule has 0 aliphatic heterocycles. The molecule has 0 fully saturated rings. The quantitative estimate of drug-likeness (QED) is 0.147. The van der Waals surface area contributed by atoms with Gasteiger partial charge < -0.3 is 25.6 Å². The summed E-state index contributed by atoms with van der Waals surface area (Å²) in [6.45, 7) is 8.91. The first-order chi connectivity index (χ1) is 23.6. The molecule has 2 aromatic carbocycles. The number of hydrogen-bond donors (Lipinski definition) is 5. The van der Waals surface area contributed by atoms with Gasteiger partial charge in [0.1, 0.15) is 12.1 Å². The van der Waals surface area contributed by atoms with Gasteiger partial charge in [0.15, 0.2) is 0 Å². The zero-order chi connectivity index (χ0) is 37.0. The summed E-state index contributed by atoms with van der Waals surface area (Å²) >= 11 is 0.